The van der Waals surface area contributed by atoms with Gasteiger partial charge >= 0.3 is 5.97 Å². The number of hydrogen-bond acceptors (Lipinski definition) is 5. The van der Waals surface area contributed by atoms with E-state index in [-0.39, 0.29) is 18.5 Å². The first kappa shape index (κ1) is 71.3. The van der Waals surface area contributed by atoms with Crippen molar-refractivity contribution in [1.82, 2.24) is 5.32 Å². The van der Waals surface area contributed by atoms with Crippen LogP contribution in [0.5, 0.6) is 0 Å². The fourth-order valence-electron chi connectivity index (χ4n) is 10.4. The number of rotatable bonds is 62. The van der Waals surface area contributed by atoms with E-state index in [1.807, 2.05) is 6.08 Å². The summed E-state index contributed by atoms with van der Waals surface area (Å²) in [5.74, 6) is -0.0612. The number of carbonyl (C=O) groups excluding carboxylic acids is 2. The van der Waals surface area contributed by atoms with Crippen molar-refractivity contribution >= 4 is 11.9 Å². The molecule has 0 saturated carbocycles. The molecule has 0 aromatic rings. The summed E-state index contributed by atoms with van der Waals surface area (Å²) in [5, 5.41) is 23.2. The van der Waals surface area contributed by atoms with Crippen molar-refractivity contribution in [3.05, 3.63) is 24.3 Å². The van der Waals surface area contributed by atoms with Gasteiger partial charge in [0.05, 0.1) is 25.4 Å². The molecular weight excluding hydrogens is 899 g/mol. The predicted octanol–water partition coefficient (Wildman–Crippen LogP) is 21.0. The van der Waals surface area contributed by atoms with Crippen LogP contribution in [0.2, 0.25) is 0 Å². The van der Waals surface area contributed by atoms with Crippen molar-refractivity contribution in [3.8, 4) is 0 Å². The maximum atomic E-state index is 12.5. The number of aliphatic hydroxyl groups is 2. The van der Waals surface area contributed by atoms with Crippen LogP contribution in [0, 0.1) is 0 Å². The molecule has 2 unspecified atom stereocenters. The Morgan fingerprint density at radius 2 is 0.644 bits per heavy atom. The molecule has 0 saturated heterocycles. The largest absolute Gasteiger partial charge is 0.466 e. The van der Waals surface area contributed by atoms with Gasteiger partial charge in [-0.3, -0.25) is 9.59 Å². The number of carbonyl (C=O) groups is 2. The molecular formula is C67H129NO5. The summed E-state index contributed by atoms with van der Waals surface area (Å²) >= 11 is 0. The van der Waals surface area contributed by atoms with Crippen molar-refractivity contribution in [2.75, 3.05) is 13.2 Å². The normalized spacial score (nSPS) is 12.7. The summed E-state index contributed by atoms with van der Waals surface area (Å²) in [6.45, 7) is 4.93. The number of allylic oxidation sites excluding steroid dienone is 3. The summed E-state index contributed by atoms with van der Waals surface area (Å²) in [4.78, 5) is 24.6. The molecule has 0 radical (unpaired) electrons. The molecule has 2 atom stereocenters. The maximum Gasteiger partial charge on any atom is 0.305 e. The molecule has 0 aliphatic carbocycles. The van der Waals surface area contributed by atoms with Gasteiger partial charge in [0.1, 0.15) is 0 Å². The second kappa shape index (κ2) is 62.9. The van der Waals surface area contributed by atoms with Crippen LogP contribution >= 0.6 is 0 Å². The third-order valence-corrected chi connectivity index (χ3v) is 15.5. The van der Waals surface area contributed by atoms with E-state index in [4.69, 9.17) is 4.74 Å². The first-order valence-corrected chi connectivity index (χ1v) is 33.1. The molecule has 3 N–H and O–H groups in total. The van der Waals surface area contributed by atoms with Crippen molar-refractivity contribution < 1.29 is 24.5 Å². The standard InChI is InChI=1S/C67H129NO5/c1-3-5-7-9-11-13-15-17-19-21-25-28-31-35-39-43-47-51-55-59-65(70)64(63-69)68-66(71)60-56-52-48-44-40-36-32-29-26-23-22-24-27-30-34-38-42-46-50-54-58-62-73-67(72)61-57-53-49-45-41-37-33-20-18-16-14-12-10-8-6-4-2/h20,33,55,59,64-65,69-70H,3-19,21-32,34-54,56-58,60-63H2,1-2H3,(H,68,71)/b33-20-,59-55+. The quantitative estimate of drug-likeness (QED) is 0.0320. The molecule has 0 spiro atoms. The first-order chi connectivity index (χ1) is 36.0. The second-order valence-corrected chi connectivity index (χ2v) is 22.8. The van der Waals surface area contributed by atoms with Crippen LogP contribution in [-0.4, -0.2) is 47.4 Å². The zero-order valence-electron chi connectivity index (χ0n) is 49.4. The number of unbranched alkanes of at least 4 members (excludes halogenated alkanes) is 49. The molecule has 0 aromatic heterocycles. The molecule has 6 nitrogen and oxygen atoms in total. The Hall–Kier alpha value is -1.66. The van der Waals surface area contributed by atoms with E-state index in [2.05, 4.69) is 31.3 Å². The SMILES string of the molecule is CCCCCCCCC/C=C\CCCCCCCC(=O)OCCCCCCCCCCCCCCCCCCCCCCCC(=O)NC(CO)C(O)/C=C/CCCCCCCCCCCCCCCCCCC. The van der Waals surface area contributed by atoms with Gasteiger partial charge in [-0.15, -0.1) is 0 Å². The average Bonchev–Trinajstić information content (AvgIpc) is 3.39. The minimum Gasteiger partial charge on any atom is -0.466 e. The topological polar surface area (TPSA) is 95.9 Å². The van der Waals surface area contributed by atoms with Gasteiger partial charge in [-0.25, -0.2) is 0 Å². The number of nitrogens with one attached hydrogen (secondary N) is 1. The van der Waals surface area contributed by atoms with E-state index < -0.39 is 12.1 Å². The van der Waals surface area contributed by atoms with Gasteiger partial charge in [0.25, 0.3) is 0 Å². The smallest absolute Gasteiger partial charge is 0.305 e. The monoisotopic (exact) mass is 1030 g/mol. The summed E-state index contributed by atoms with van der Waals surface area (Å²) in [6.07, 6.45) is 78.0. The van der Waals surface area contributed by atoms with E-state index in [1.54, 1.807) is 6.08 Å². The van der Waals surface area contributed by atoms with Gasteiger partial charge in [-0.1, -0.05) is 321 Å². The molecule has 0 heterocycles. The van der Waals surface area contributed by atoms with E-state index >= 15 is 0 Å². The number of ether oxygens (including phenoxy) is 1. The molecule has 1 amide bonds. The highest BCUT2D eigenvalue weighted by atomic mass is 16.5. The third kappa shape index (κ3) is 59.4. The summed E-state index contributed by atoms with van der Waals surface area (Å²) in [5.41, 5.74) is 0. The summed E-state index contributed by atoms with van der Waals surface area (Å²) in [6, 6.07) is -0.629. The molecule has 73 heavy (non-hydrogen) atoms. The van der Waals surface area contributed by atoms with E-state index in [0.717, 1.165) is 44.9 Å². The van der Waals surface area contributed by atoms with Gasteiger partial charge < -0.3 is 20.3 Å². The fraction of sp³-hybridized carbons (Fsp3) is 0.910. The van der Waals surface area contributed by atoms with E-state index in [0.29, 0.717) is 19.4 Å². The zero-order chi connectivity index (χ0) is 52.9. The van der Waals surface area contributed by atoms with Gasteiger partial charge in [-0.05, 0) is 57.8 Å². The second-order valence-electron chi connectivity index (χ2n) is 22.8. The molecule has 0 aromatic carbocycles. The number of esters is 1. The lowest BCUT2D eigenvalue weighted by molar-refractivity contribution is -0.143. The highest BCUT2D eigenvalue weighted by Gasteiger charge is 2.18. The summed E-state index contributed by atoms with van der Waals surface area (Å²) < 4.78 is 5.49. The lowest BCUT2D eigenvalue weighted by atomic mass is 10.0. The molecule has 6 heteroatoms. The third-order valence-electron chi connectivity index (χ3n) is 15.5. The number of hydrogen-bond donors (Lipinski definition) is 3. The average molecular weight is 1030 g/mol. The number of aliphatic hydroxyl groups excluding tert-OH is 2. The van der Waals surface area contributed by atoms with Crippen molar-refractivity contribution in [1.29, 1.82) is 0 Å². The first-order valence-electron chi connectivity index (χ1n) is 33.1. The van der Waals surface area contributed by atoms with E-state index in [9.17, 15) is 19.8 Å². The number of amides is 1. The predicted molar refractivity (Wildman–Crippen MR) is 320 cm³/mol. The minimum atomic E-state index is -0.846. The van der Waals surface area contributed by atoms with E-state index in [1.165, 1.54) is 295 Å². The van der Waals surface area contributed by atoms with Crippen LogP contribution in [-0.2, 0) is 14.3 Å². The van der Waals surface area contributed by atoms with Crippen molar-refractivity contribution in [3.63, 3.8) is 0 Å². The molecule has 432 valence electrons. The van der Waals surface area contributed by atoms with Gasteiger partial charge in [0.15, 0.2) is 0 Å². The van der Waals surface area contributed by atoms with Crippen LogP contribution in [0.4, 0.5) is 0 Å². The maximum absolute atomic E-state index is 12.5. The Bertz CT molecular complexity index is 1140. The Morgan fingerprint density at radius 1 is 0.370 bits per heavy atom. The van der Waals surface area contributed by atoms with Crippen LogP contribution < -0.4 is 5.32 Å². The van der Waals surface area contributed by atoms with Crippen molar-refractivity contribution in [2.24, 2.45) is 0 Å². The lowest BCUT2D eigenvalue weighted by Gasteiger charge is -2.20. The molecule has 0 bridgehead atoms. The lowest BCUT2D eigenvalue weighted by Crippen LogP contribution is -2.45. The Morgan fingerprint density at radius 3 is 0.973 bits per heavy atom. The Labute approximate surface area is 456 Å². The van der Waals surface area contributed by atoms with Gasteiger partial charge in [-0.2, -0.15) is 0 Å². The molecule has 0 fully saturated rings. The van der Waals surface area contributed by atoms with Crippen LogP contribution in [0.15, 0.2) is 24.3 Å². The highest BCUT2D eigenvalue weighted by Crippen LogP contribution is 2.18. The fourth-order valence-corrected chi connectivity index (χ4v) is 10.4. The van der Waals surface area contributed by atoms with Crippen LogP contribution in [0.3, 0.4) is 0 Å². The minimum absolute atomic E-state index is 0.00468. The molecule has 0 rings (SSSR count). The van der Waals surface area contributed by atoms with Crippen LogP contribution in [0.1, 0.15) is 367 Å². The Kier molecular flexibility index (Phi) is 61.4. The Balaban J connectivity index is 3.41. The molecule has 0 aliphatic heterocycles. The highest BCUT2D eigenvalue weighted by molar-refractivity contribution is 5.76. The summed E-state index contributed by atoms with van der Waals surface area (Å²) in [7, 11) is 0. The van der Waals surface area contributed by atoms with Crippen molar-refractivity contribution in [2.45, 2.75) is 379 Å². The van der Waals surface area contributed by atoms with Gasteiger partial charge in [0.2, 0.25) is 5.91 Å². The zero-order valence-corrected chi connectivity index (χ0v) is 49.4. The molecule has 0 aliphatic rings. The van der Waals surface area contributed by atoms with Gasteiger partial charge in [0, 0.05) is 12.8 Å². The van der Waals surface area contributed by atoms with Crippen LogP contribution in [0.25, 0.3) is 0 Å².